The quantitative estimate of drug-likeness (QED) is 0.819. The molecule has 0 aromatic carbocycles. The second-order valence-corrected chi connectivity index (χ2v) is 7.07. The molecule has 1 aromatic rings. The molecule has 1 spiro atoms. The van der Waals surface area contributed by atoms with Crippen molar-refractivity contribution < 1.29 is 14.9 Å². The maximum Gasteiger partial charge on any atom is 0.135 e. The van der Waals surface area contributed by atoms with Crippen LogP contribution in [0.2, 0.25) is 0 Å². The minimum absolute atomic E-state index is 0.0371. The molecule has 2 fully saturated rings. The van der Waals surface area contributed by atoms with Gasteiger partial charge in [-0.2, -0.15) is 0 Å². The second-order valence-electron chi connectivity index (χ2n) is 7.07. The molecule has 2 N–H and O–H groups in total. The number of aryl methyl sites for hydroxylation is 2. The van der Waals surface area contributed by atoms with E-state index in [0.717, 1.165) is 50.4 Å². The molecule has 3 rings (SSSR count). The highest BCUT2D eigenvalue weighted by molar-refractivity contribution is 5.47. The molecular formula is C18H29N3O3. The first kappa shape index (κ1) is 17.6. The van der Waals surface area contributed by atoms with E-state index in [4.69, 9.17) is 9.84 Å². The number of rotatable bonds is 6. The molecule has 1 saturated carbocycles. The summed E-state index contributed by atoms with van der Waals surface area (Å²) in [6, 6.07) is 0. The van der Waals surface area contributed by atoms with Crippen LogP contribution in [0.15, 0.2) is 6.20 Å². The molecular weight excluding hydrogens is 306 g/mol. The van der Waals surface area contributed by atoms with Crippen LogP contribution in [-0.2, 0) is 11.2 Å². The maximum absolute atomic E-state index is 10.3. The lowest BCUT2D eigenvalue weighted by molar-refractivity contribution is -0.203. The molecule has 2 atom stereocenters. The lowest BCUT2D eigenvalue weighted by Gasteiger charge is -2.56. The molecule has 134 valence electrons. The number of hydrogen-bond donors (Lipinski definition) is 2. The molecule has 1 aromatic heterocycles. The van der Waals surface area contributed by atoms with Gasteiger partial charge in [-0.05, 0) is 26.2 Å². The molecule has 0 unspecified atom stereocenters. The predicted molar refractivity (Wildman–Crippen MR) is 92.1 cm³/mol. The van der Waals surface area contributed by atoms with Gasteiger partial charge in [-0.15, -0.1) is 0 Å². The fourth-order valence-electron chi connectivity index (χ4n) is 4.15. The summed E-state index contributed by atoms with van der Waals surface area (Å²) in [5.74, 6) is 1.86. The van der Waals surface area contributed by atoms with Crippen molar-refractivity contribution in [3.05, 3.63) is 17.6 Å². The Morgan fingerprint density at radius 3 is 2.75 bits per heavy atom. The van der Waals surface area contributed by atoms with Crippen molar-refractivity contribution in [2.45, 2.75) is 58.2 Å². The average Bonchev–Trinajstić information content (AvgIpc) is 2.60. The highest BCUT2D eigenvalue weighted by Crippen LogP contribution is 2.51. The fraction of sp³-hybridized carbons (Fsp3) is 0.778. The van der Waals surface area contributed by atoms with Gasteiger partial charge in [-0.1, -0.05) is 13.3 Å². The zero-order valence-corrected chi connectivity index (χ0v) is 14.7. The molecule has 1 saturated heterocycles. The molecule has 2 aliphatic rings. The Morgan fingerprint density at radius 2 is 2.12 bits per heavy atom. The van der Waals surface area contributed by atoms with Crippen LogP contribution in [-0.4, -0.2) is 58.7 Å². The third-order valence-electron chi connectivity index (χ3n) is 5.63. The SMILES string of the molecule is CCCc1cnc(C)nc1N1CCC2(CC1)[C@H](O)C[C@@H]2OCCO. The number of aromatic nitrogens is 2. The summed E-state index contributed by atoms with van der Waals surface area (Å²) in [5, 5.41) is 19.3. The van der Waals surface area contributed by atoms with Gasteiger partial charge in [0, 0.05) is 36.7 Å². The minimum atomic E-state index is -0.286. The van der Waals surface area contributed by atoms with E-state index in [1.54, 1.807) is 0 Å². The van der Waals surface area contributed by atoms with Gasteiger partial charge in [0.15, 0.2) is 0 Å². The summed E-state index contributed by atoms with van der Waals surface area (Å²) in [4.78, 5) is 11.4. The van der Waals surface area contributed by atoms with E-state index in [-0.39, 0.29) is 24.2 Å². The van der Waals surface area contributed by atoms with Crippen molar-refractivity contribution in [3.8, 4) is 0 Å². The molecule has 6 nitrogen and oxygen atoms in total. The van der Waals surface area contributed by atoms with Crippen LogP contribution < -0.4 is 4.90 Å². The largest absolute Gasteiger partial charge is 0.394 e. The Balaban J connectivity index is 1.70. The molecule has 2 heterocycles. The van der Waals surface area contributed by atoms with Crippen LogP contribution in [0.1, 0.15) is 44.0 Å². The first-order valence-electron chi connectivity index (χ1n) is 9.08. The van der Waals surface area contributed by atoms with Crippen molar-refractivity contribution in [2.75, 3.05) is 31.2 Å². The van der Waals surface area contributed by atoms with Crippen LogP contribution in [0.25, 0.3) is 0 Å². The Morgan fingerprint density at radius 1 is 1.38 bits per heavy atom. The van der Waals surface area contributed by atoms with E-state index >= 15 is 0 Å². The van der Waals surface area contributed by atoms with Gasteiger partial charge in [0.05, 0.1) is 25.4 Å². The van der Waals surface area contributed by atoms with Crippen molar-refractivity contribution in [2.24, 2.45) is 5.41 Å². The van der Waals surface area contributed by atoms with Crippen molar-refractivity contribution >= 4 is 5.82 Å². The van der Waals surface area contributed by atoms with E-state index in [0.29, 0.717) is 13.0 Å². The third kappa shape index (κ3) is 3.15. The summed E-state index contributed by atoms with van der Waals surface area (Å²) < 4.78 is 5.76. The molecule has 0 radical (unpaired) electrons. The van der Waals surface area contributed by atoms with Gasteiger partial charge in [-0.3, -0.25) is 0 Å². The Labute approximate surface area is 143 Å². The van der Waals surface area contributed by atoms with E-state index in [9.17, 15) is 5.11 Å². The van der Waals surface area contributed by atoms with Gasteiger partial charge in [0.2, 0.25) is 0 Å². The molecule has 24 heavy (non-hydrogen) atoms. The number of piperidine rings is 1. The molecule has 0 amide bonds. The minimum Gasteiger partial charge on any atom is -0.394 e. The van der Waals surface area contributed by atoms with E-state index in [1.165, 1.54) is 5.56 Å². The van der Waals surface area contributed by atoms with E-state index in [1.807, 2.05) is 13.1 Å². The van der Waals surface area contributed by atoms with Crippen LogP contribution in [0.5, 0.6) is 0 Å². The number of aliphatic hydroxyl groups excluding tert-OH is 2. The van der Waals surface area contributed by atoms with Crippen LogP contribution in [0.4, 0.5) is 5.82 Å². The van der Waals surface area contributed by atoms with Crippen molar-refractivity contribution in [1.29, 1.82) is 0 Å². The summed E-state index contributed by atoms with van der Waals surface area (Å²) >= 11 is 0. The lowest BCUT2D eigenvalue weighted by Crippen LogP contribution is -2.62. The molecule has 6 heteroatoms. The summed E-state index contributed by atoms with van der Waals surface area (Å²) in [6.07, 6.45) is 6.30. The lowest BCUT2D eigenvalue weighted by atomic mass is 9.58. The van der Waals surface area contributed by atoms with Crippen molar-refractivity contribution in [3.63, 3.8) is 0 Å². The Kier molecular flexibility index (Phi) is 5.37. The fourth-order valence-corrected chi connectivity index (χ4v) is 4.15. The second kappa shape index (κ2) is 7.33. The first-order valence-corrected chi connectivity index (χ1v) is 9.08. The molecule has 1 aliphatic carbocycles. The van der Waals surface area contributed by atoms with Crippen LogP contribution >= 0.6 is 0 Å². The number of nitrogens with zero attached hydrogens (tertiary/aromatic N) is 3. The number of anilines is 1. The third-order valence-corrected chi connectivity index (χ3v) is 5.63. The highest BCUT2D eigenvalue weighted by atomic mass is 16.5. The number of aliphatic hydroxyl groups is 2. The zero-order valence-electron chi connectivity index (χ0n) is 14.7. The van der Waals surface area contributed by atoms with E-state index < -0.39 is 0 Å². The maximum atomic E-state index is 10.3. The van der Waals surface area contributed by atoms with Crippen LogP contribution in [0.3, 0.4) is 0 Å². The first-order chi connectivity index (χ1) is 11.6. The van der Waals surface area contributed by atoms with Crippen LogP contribution in [0, 0.1) is 12.3 Å². The van der Waals surface area contributed by atoms with Crippen molar-refractivity contribution in [1.82, 2.24) is 9.97 Å². The molecule has 1 aliphatic heterocycles. The van der Waals surface area contributed by atoms with Gasteiger partial charge < -0.3 is 19.8 Å². The summed E-state index contributed by atoms with van der Waals surface area (Å²) in [7, 11) is 0. The van der Waals surface area contributed by atoms with E-state index in [2.05, 4.69) is 21.8 Å². The topological polar surface area (TPSA) is 78.7 Å². The van der Waals surface area contributed by atoms with Gasteiger partial charge in [-0.25, -0.2) is 9.97 Å². The van der Waals surface area contributed by atoms with Gasteiger partial charge >= 0.3 is 0 Å². The average molecular weight is 335 g/mol. The number of hydrogen-bond acceptors (Lipinski definition) is 6. The smallest absolute Gasteiger partial charge is 0.135 e. The monoisotopic (exact) mass is 335 g/mol. The zero-order chi connectivity index (χ0) is 17.2. The highest BCUT2D eigenvalue weighted by Gasteiger charge is 2.56. The number of ether oxygens (including phenoxy) is 1. The van der Waals surface area contributed by atoms with Gasteiger partial charge in [0.25, 0.3) is 0 Å². The predicted octanol–water partition coefficient (Wildman–Crippen LogP) is 1.47. The Hall–Kier alpha value is -1.24. The molecule has 0 bridgehead atoms. The summed E-state index contributed by atoms with van der Waals surface area (Å²) in [6.45, 7) is 6.25. The standard InChI is InChI=1S/C18H29N3O3/c1-3-4-14-12-19-13(2)20-17(14)21-7-5-18(6-8-21)15(23)11-16(18)24-10-9-22/h12,15-16,22-23H,3-11H2,1-2H3/t15-,16+/m1/s1. The van der Waals surface area contributed by atoms with Gasteiger partial charge in [0.1, 0.15) is 11.6 Å². The normalized spacial score (nSPS) is 25.8. The Bertz CT molecular complexity index is 558. The summed E-state index contributed by atoms with van der Waals surface area (Å²) in [5.41, 5.74) is 1.07.